The molecule has 2 bridgehead atoms. The molecule has 0 saturated carbocycles. The van der Waals surface area contributed by atoms with Gasteiger partial charge in [0.1, 0.15) is 5.82 Å². The third-order valence-corrected chi connectivity index (χ3v) is 5.80. The summed E-state index contributed by atoms with van der Waals surface area (Å²) in [7, 11) is 3.94. The number of piperidine rings is 1. The van der Waals surface area contributed by atoms with Crippen LogP contribution in [0.4, 0.5) is 5.82 Å². The lowest BCUT2D eigenvalue weighted by atomic mass is 9.84. The van der Waals surface area contributed by atoms with Gasteiger partial charge >= 0.3 is 5.97 Å². The predicted molar refractivity (Wildman–Crippen MR) is 96.3 cm³/mol. The van der Waals surface area contributed by atoms with E-state index in [1.54, 1.807) is 17.8 Å². The SMILES string of the molecule is Cn1nc(C(=O)O)cc1-c1ccc2c(c1)c1c(n2C)N2CCC1CC2. The van der Waals surface area contributed by atoms with Crippen molar-refractivity contribution in [2.24, 2.45) is 14.1 Å². The quantitative estimate of drug-likeness (QED) is 0.781. The fourth-order valence-electron chi connectivity index (χ4n) is 4.63. The molecule has 2 aromatic heterocycles. The van der Waals surface area contributed by atoms with E-state index < -0.39 is 5.97 Å². The average Bonchev–Trinajstić information content (AvgIpc) is 3.16. The molecule has 1 fully saturated rings. The number of nitrogens with zero attached hydrogens (tertiary/aromatic N) is 4. The summed E-state index contributed by atoms with van der Waals surface area (Å²) in [5, 5.41) is 14.6. The first kappa shape index (κ1) is 14.6. The zero-order chi connectivity index (χ0) is 17.3. The molecule has 6 nitrogen and oxygen atoms in total. The van der Waals surface area contributed by atoms with Crippen LogP contribution in [0.3, 0.4) is 0 Å². The molecule has 6 rings (SSSR count). The predicted octanol–water partition coefficient (Wildman–Crippen LogP) is 2.97. The van der Waals surface area contributed by atoms with Gasteiger partial charge in [-0.1, -0.05) is 6.07 Å². The largest absolute Gasteiger partial charge is 0.476 e. The Morgan fingerprint density at radius 1 is 1.20 bits per heavy atom. The first-order chi connectivity index (χ1) is 12.0. The van der Waals surface area contributed by atoms with Crippen LogP contribution in [0.1, 0.15) is 34.8 Å². The van der Waals surface area contributed by atoms with E-state index in [9.17, 15) is 9.90 Å². The number of benzene rings is 1. The minimum atomic E-state index is -0.995. The number of aryl methyl sites for hydroxylation is 2. The minimum absolute atomic E-state index is 0.0813. The molecule has 0 aliphatic carbocycles. The van der Waals surface area contributed by atoms with Gasteiger partial charge in [-0.2, -0.15) is 5.10 Å². The Morgan fingerprint density at radius 2 is 1.96 bits per heavy atom. The van der Waals surface area contributed by atoms with Crippen molar-refractivity contribution in [2.45, 2.75) is 18.8 Å². The van der Waals surface area contributed by atoms with Gasteiger partial charge in [0.15, 0.2) is 5.69 Å². The summed E-state index contributed by atoms with van der Waals surface area (Å²) in [6.45, 7) is 2.30. The molecule has 0 unspecified atom stereocenters. The molecule has 3 aliphatic rings. The van der Waals surface area contributed by atoms with Gasteiger partial charge in [-0.25, -0.2) is 4.79 Å². The molecule has 1 N–H and O–H groups in total. The maximum Gasteiger partial charge on any atom is 0.356 e. The van der Waals surface area contributed by atoms with Gasteiger partial charge in [0.2, 0.25) is 0 Å². The lowest BCUT2D eigenvalue weighted by Crippen LogP contribution is -2.39. The highest BCUT2D eigenvalue weighted by Gasteiger charge is 2.35. The molecule has 0 radical (unpaired) electrons. The molecule has 25 heavy (non-hydrogen) atoms. The van der Waals surface area contributed by atoms with Gasteiger partial charge in [0.05, 0.1) is 5.69 Å². The second-order valence-electron chi connectivity index (χ2n) is 7.13. The lowest BCUT2D eigenvalue weighted by Gasteiger charge is -2.41. The number of anilines is 1. The molecule has 1 aromatic carbocycles. The number of hydrogen-bond donors (Lipinski definition) is 1. The zero-order valence-corrected chi connectivity index (χ0v) is 14.4. The Hall–Kier alpha value is -2.76. The van der Waals surface area contributed by atoms with Gasteiger partial charge in [-0.15, -0.1) is 0 Å². The Labute approximate surface area is 145 Å². The van der Waals surface area contributed by atoms with Crippen molar-refractivity contribution in [1.82, 2.24) is 14.3 Å². The molecule has 1 saturated heterocycles. The summed E-state index contributed by atoms with van der Waals surface area (Å²) in [6, 6.07) is 8.07. The molecular formula is C19H20N4O2. The Balaban J connectivity index is 1.73. The highest BCUT2D eigenvalue weighted by atomic mass is 16.4. The number of hydrogen-bond acceptors (Lipinski definition) is 3. The van der Waals surface area contributed by atoms with E-state index in [4.69, 9.17) is 0 Å². The smallest absolute Gasteiger partial charge is 0.356 e. The minimum Gasteiger partial charge on any atom is -0.476 e. The van der Waals surface area contributed by atoms with E-state index in [0.717, 1.165) is 24.3 Å². The Bertz CT molecular complexity index is 1020. The van der Waals surface area contributed by atoms with Gasteiger partial charge in [-0.05, 0) is 37.0 Å². The van der Waals surface area contributed by atoms with Crippen molar-refractivity contribution in [3.63, 3.8) is 0 Å². The first-order valence-corrected chi connectivity index (χ1v) is 8.69. The summed E-state index contributed by atoms with van der Waals surface area (Å²) in [6.07, 6.45) is 2.45. The second kappa shape index (κ2) is 4.88. The van der Waals surface area contributed by atoms with Crippen molar-refractivity contribution >= 4 is 22.7 Å². The van der Waals surface area contributed by atoms with Crippen LogP contribution in [0, 0.1) is 0 Å². The standard InChI is InChI=1S/C19H20N4O2/c1-21-15-4-3-12(16-10-14(19(24)25)20-22(16)2)9-13(15)17-11-5-7-23(8-6-11)18(17)21/h3-4,9-11H,5-8H2,1-2H3,(H,24,25). The van der Waals surface area contributed by atoms with E-state index in [1.165, 1.54) is 35.1 Å². The number of rotatable bonds is 2. The molecule has 128 valence electrons. The van der Waals surface area contributed by atoms with E-state index in [-0.39, 0.29) is 5.69 Å². The summed E-state index contributed by atoms with van der Waals surface area (Å²) in [4.78, 5) is 13.7. The van der Waals surface area contributed by atoms with Crippen molar-refractivity contribution in [3.05, 3.63) is 35.5 Å². The van der Waals surface area contributed by atoms with Gasteiger partial charge < -0.3 is 14.6 Å². The molecular weight excluding hydrogens is 316 g/mol. The van der Waals surface area contributed by atoms with Gasteiger partial charge in [-0.3, -0.25) is 4.68 Å². The van der Waals surface area contributed by atoms with Crippen molar-refractivity contribution in [2.75, 3.05) is 18.0 Å². The van der Waals surface area contributed by atoms with Crippen LogP contribution in [0.5, 0.6) is 0 Å². The first-order valence-electron chi connectivity index (χ1n) is 8.69. The summed E-state index contributed by atoms with van der Waals surface area (Å²) in [5.74, 6) is 1.01. The van der Waals surface area contributed by atoms with Crippen molar-refractivity contribution < 1.29 is 9.90 Å². The summed E-state index contributed by atoms with van der Waals surface area (Å²) >= 11 is 0. The summed E-state index contributed by atoms with van der Waals surface area (Å²) in [5.41, 5.74) is 4.64. The normalized spacial score (nSPS) is 16.6. The van der Waals surface area contributed by atoms with Crippen LogP contribution in [0.2, 0.25) is 0 Å². The number of carbonyl (C=O) groups is 1. The highest BCUT2D eigenvalue weighted by molar-refractivity contribution is 5.95. The van der Waals surface area contributed by atoms with E-state index in [0.29, 0.717) is 5.92 Å². The molecule has 6 heteroatoms. The third kappa shape index (κ3) is 1.91. The highest BCUT2D eigenvalue weighted by Crippen LogP contribution is 2.47. The van der Waals surface area contributed by atoms with Crippen LogP contribution in [-0.4, -0.2) is 38.5 Å². The van der Waals surface area contributed by atoms with Crippen LogP contribution in [0.25, 0.3) is 22.2 Å². The molecule has 3 aliphatic heterocycles. The number of carboxylic acid groups (broad SMARTS) is 1. The van der Waals surface area contributed by atoms with E-state index >= 15 is 0 Å². The fraction of sp³-hybridized carbons (Fsp3) is 0.368. The topological polar surface area (TPSA) is 63.3 Å². The third-order valence-electron chi connectivity index (χ3n) is 5.80. The van der Waals surface area contributed by atoms with Crippen molar-refractivity contribution in [1.29, 1.82) is 0 Å². The van der Waals surface area contributed by atoms with Gasteiger partial charge in [0.25, 0.3) is 0 Å². The molecule has 5 heterocycles. The number of fused-ring (bicyclic) bond motifs is 3. The second-order valence-corrected chi connectivity index (χ2v) is 7.13. The van der Waals surface area contributed by atoms with Crippen LogP contribution >= 0.6 is 0 Å². The number of aromatic nitrogens is 3. The molecule has 0 spiro atoms. The number of aromatic carboxylic acids is 1. The molecule has 0 atom stereocenters. The summed E-state index contributed by atoms with van der Waals surface area (Å²) < 4.78 is 3.96. The fourth-order valence-corrected chi connectivity index (χ4v) is 4.63. The van der Waals surface area contributed by atoms with Crippen molar-refractivity contribution in [3.8, 4) is 11.3 Å². The van der Waals surface area contributed by atoms with Crippen LogP contribution in [0.15, 0.2) is 24.3 Å². The van der Waals surface area contributed by atoms with Crippen LogP contribution < -0.4 is 4.90 Å². The lowest BCUT2D eigenvalue weighted by molar-refractivity contribution is 0.0689. The average molecular weight is 336 g/mol. The number of carboxylic acids is 1. The Kier molecular flexibility index (Phi) is 2.84. The van der Waals surface area contributed by atoms with E-state index in [2.05, 4.69) is 39.8 Å². The molecule has 3 aromatic rings. The monoisotopic (exact) mass is 336 g/mol. The van der Waals surface area contributed by atoms with Gasteiger partial charge in [0, 0.05) is 49.2 Å². The maximum atomic E-state index is 11.2. The Morgan fingerprint density at radius 3 is 2.64 bits per heavy atom. The maximum absolute atomic E-state index is 11.2. The van der Waals surface area contributed by atoms with E-state index in [1.807, 2.05) is 0 Å². The molecule has 0 amide bonds. The van der Waals surface area contributed by atoms with Crippen LogP contribution in [-0.2, 0) is 14.1 Å². The zero-order valence-electron chi connectivity index (χ0n) is 14.4.